The average Bonchev–Trinajstić information content (AvgIpc) is 2.96. The van der Waals surface area contributed by atoms with Crippen molar-refractivity contribution in [3.8, 4) is 0 Å². The first kappa shape index (κ1) is 14.0. The largest absolute Gasteiger partial charge is 0.350 e. The second-order valence-electron chi connectivity index (χ2n) is 5.43. The van der Waals surface area contributed by atoms with Gasteiger partial charge in [0.05, 0.1) is 6.04 Å². The number of hydrogen-bond acceptors (Lipinski definition) is 2. The lowest BCUT2D eigenvalue weighted by Crippen LogP contribution is -2.31. The Morgan fingerprint density at radius 3 is 2.71 bits per heavy atom. The first-order chi connectivity index (χ1) is 10.2. The van der Waals surface area contributed by atoms with Gasteiger partial charge in [-0.05, 0) is 43.5 Å². The Kier molecular flexibility index (Phi) is 3.88. The lowest BCUT2D eigenvalue weighted by molar-refractivity contribution is 0.0735. The summed E-state index contributed by atoms with van der Waals surface area (Å²) in [4.78, 5) is 17.9. The van der Waals surface area contributed by atoms with Crippen molar-refractivity contribution in [1.29, 1.82) is 0 Å². The highest BCUT2D eigenvalue weighted by Crippen LogP contribution is 2.34. The summed E-state index contributed by atoms with van der Waals surface area (Å²) in [6.45, 7) is 2.84. The molecule has 1 aliphatic rings. The number of aromatic amines is 1. The third-order valence-corrected chi connectivity index (χ3v) is 4.29. The molecule has 1 saturated heterocycles. The van der Waals surface area contributed by atoms with Crippen LogP contribution in [-0.4, -0.2) is 22.3 Å². The SMILES string of the molecule is Cc1[nH]c(=S)ccc1C1CCCN1C(=O)c1ccccc1. The monoisotopic (exact) mass is 298 g/mol. The number of carbonyl (C=O) groups is 1. The van der Waals surface area contributed by atoms with E-state index in [4.69, 9.17) is 12.2 Å². The third-order valence-electron chi connectivity index (χ3n) is 4.05. The van der Waals surface area contributed by atoms with E-state index >= 15 is 0 Å². The van der Waals surface area contributed by atoms with Crippen LogP contribution in [0.2, 0.25) is 0 Å². The zero-order valence-electron chi connectivity index (χ0n) is 12.0. The highest BCUT2D eigenvalue weighted by atomic mass is 32.1. The highest BCUT2D eigenvalue weighted by molar-refractivity contribution is 7.71. The second kappa shape index (κ2) is 5.82. The van der Waals surface area contributed by atoms with Crippen LogP contribution in [0.1, 0.15) is 40.5 Å². The van der Waals surface area contributed by atoms with Gasteiger partial charge in [0.15, 0.2) is 0 Å². The van der Waals surface area contributed by atoms with Gasteiger partial charge in [-0.3, -0.25) is 4.79 Å². The summed E-state index contributed by atoms with van der Waals surface area (Å²) in [5, 5.41) is 0. The van der Waals surface area contributed by atoms with Gasteiger partial charge in [-0.1, -0.05) is 36.5 Å². The number of aryl methyl sites for hydroxylation is 1. The van der Waals surface area contributed by atoms with Gasteiger partial charge < -0.3 is 9.88 Å². The van der Waals surface area contributed by atoms with Gasteiger partial charge in [0.2, 0.25) is 0 Å². The van der Waals surface area contributed by atoms with Crippen LogP contribution in [0.15, 0.2) is 42.5 Å². The van der Waals surface area contributed by atoms with Gasteiger partial charge in [-0.15, -0.1) is 0 Å². The lowest BCUT2D eigenvalue weighted by Gasteiger charge is -2.26. The van der Waals surface area contributed by atoms with E-state index in [1.54, 1.807) is 0 Å². The minimum absolute atomic E-state index is 0.111. The van der Waals surface area contributed by atoms with Gasteiger partial charge in [-0.2, -0.15) is 0 Å². The van der Waals surface area contributed by atoms with E-state index in [-0.39, 0.29) is 11.9 Å². The van der Waals surface area contributed by atoms with Crippen LogP contribution in [-0.2, 0) is 0 Å². The number of amides is 1. The number of pyridine rings is 1. The fourth-order valence-electron chi connectivity index (χ4n) is 3.03. The van der Waals surface area contributed by atoms with Crippen molar-refractivity contribution in [1.82, 2.24) is 9.88 Å². The van der Waals surface area contributed by atoms with E-state index in [0.717, 1.165) is 35.3 Å². The van der Waals surface area contributed by atoms with E-state index < -0.39 is 0 Å². The predicted molar refractivity (Wildman–Crippen MR) is 85.8 cm³/mol. The predicted octanol–water partition coefficient (Wildman–Crippen LogP) is 4.03. The molecule has 1 aromatic carbocycles. The number of nitrogens with one attached hydrogen (secondary N) is 1. The van der Waals surface area contributed by atoms with Crippen molar-refractivity contribution in [2.75, 3.05) is 6.54 Å². The van der Waals surface area contributed by atoms with Gasteiger partial charge in [0, 0.05) is 17.8 Å². The molecule has 0 bridgehead atoms. The molecule has 1 unspecified atom stereocenters. The van der Waals surface area contributed by atoms with Crippen LogP contribution in [0.25, 0.3) is 0 Å². The normalized spacial score (nSPS) is 18.0. The van der Waals surface area contributed by atoms with E-state index in [1.165, 1.54) is 5.56 Å². The van der Waals surface area contributed by atoms with Crippen molar-refractivity contribution < 1.29 is 4.79 Å². The Labute approximate surface area is 129 Å². The molecule has 1 fully saturated rings. The minimum Gasteiger partial charge on any atom is -0.350 e. The van der Waals surface area contributed by atoms with Crippen molar-refractivity contribution in [3.63, 3.8) is 0 Å². The molecule has 1 aliphatic heterocycles. The zero-order chi connectivity index (χ0) is 14.8. The van der Waals surface area contributed by atoms with Gasteiger partial charge >= 0.3 is 0 Å². The minimum atomic E-state index is 0.111. The van der Waals surface area contributed by atoms with E-state index in [2.05, 4.69) is 11.1 Å². The summed E-state index contributed by atoms with van der Waals surface area (Å²) >= 11 is 5.16. The van der Waals surface area contributed by atoms with Crippen molar-refractivity contribution in [3.05, 3.63) is 63.9 Å². The number of likely N-dealkylation sites (tertiary alicyclic amines) is 1. The van der Waals surface area contributed by atoms with Crippen molar-refractivity contribution in [2.24, 2.45) is 0 Å². The zero-order valence-corrected chi connectivity index (χ0v) is 12.8. The van der Waals surface area contributed by atoms with Gasteiger partial charge in [0.25, 0.3) is 5.91 Å². The van der Waals surface area contributed by atoms with E-state index in [9.17, 15) is 4.79 Å². The van der Waals surface area contributed by atoms with E-state index in [0.29, 0.717) is 0 Å². The molecule has 2 heterocycles. The maximum absolute atomic E-state index is 12.7. The van der Waals surface area contributed by atoms with Gasteiger partial charge in [0.1, 0.15) is 4.64 Å². The standard InChI is InChI=1S/C17H18N2OS/c1-12-14(9-10-16(21)18-12)15-8-5-11-19(15)17(20)13-6-3-2-4-7-13/h2-4,6-7,9-10,15H,5,8,11H2,1H3,(H,18,21). The maximum Gasteiger partial charge on any atom is 0.254 e. The molecule has 108 valence electrons. The van der Waals surface area contributed by atoms with Crippen LogP contribution < -0.4 is 0 Å². The first-order valence-corrected chi connectivity index (χ1v) is 7.63. The molecule has 3 rings (SSSR count). The Hall–Kier alpha value is -1.94. The van der Waals surface area contributed by atoms with Crippen LogP contribution in [0.4, 0.5) is 0 Å². The summed E-state index contributed by atoms with van der Waals surface area (Å²) in [6, 6.07) is 13.6. The number of H-pyrrole nitrogens is 1. The fraction of sp³-hybridized carbons (Fsp3) is 0.294. The average molecular weight is 298 g/mol. The second-order valence-corrected chi connectivity index (χ2v) is 5.87. The molecule has 1 amide bonds. The number of aromatic nitrogens is 1. The Bertz CT molecular complexity index is 708. The van der Waals surface area contributed by atoms with Crippen LogP contribution in [0.5, 0.6) is 0 Å². The molecule has 2 aromatic rings. The first-order valence-electron chi connectivity index (χ1n) is 7.22. The van der Waals surface area contributed by atoms with Crippen molar-refractivity contribution >= 4 is 18.1 Å². The van der Waals surface area contributed by atoms with Crippen LogP contribution in [0.3, 0.4) is 0 Å². The molecule has 3 nitrogen and oxygen atoms in total. The molecule has 0 spiro atoms. The topological polar surface area (TPSA) is 36.1 Å². The molecule has 0 radical (unpaired) electrons. The van der Waals surface area contributed by atoms with Gasteiger partial charge in [-0.25, -0.2) is 0 Å². The van der Waals surface area contributed by atoms with Crippen LogP contribution in [0, 0.1) is 11.6 Å². The summed E-state index contributed by atoms with van der Waals surface area (Å²) in [5.41, 5.74) is 2.98. The van der Waals surface area contributed by atoms with E-state index in [1.807, 2.05) is 48.2 Å². The molecule has 21 heavy (non-hydrogen) atoms. The summed E-state index contributed by atoms with van der Waals surface area (Å²) in [5.74, 6) is 0.111. The Morgan fingerprint density at radius 1 is 1.24 bits per heavy atom. The number of benzene rings is 1. The number of carbonyl (C=O) groups excluding carboxylic acids is 1. The van der Waals surface area contributed by atoms with Crippen molar-refractivity contribution in [2.45, 2.75) is 25.8 Å². The molecule has 1 N–H and O–H groups in total. The number of rotatable bonds is 2. The van der Waals surface area contributed by atoms with Crippen LogP contribution >= 0.6 is 12.2 Å². The summed E-state index contributed by atoms with van der Waals surface area (Å²) < 4.78 is 0.732. The molecule has 4 heteroatoms. The third kappa shape index (κ3) is 2.76. The molecule has 1 aromatic heterocycles. The molecule has 0 aliphatic carbocycles. The Balaban J connectivity index is 1.92. The number of nitrogens with zero attached hydrogens (tertiary/aromatic N) is 1. The molecular formula is C17H18N2OS. The number of hydrogen-bond donors (Lipinski definition) is 1. The molecule has 1 atom stereocenters. The lowest BCUT2D eigenvalue weighted by atomic mass is 10.0. The fourth-order valence-corrected chi connectivity index (χ4v) is 3.25. The summed E-state index contributed by atoms with van der Waals surface area (Å²) in [7, 11) is 0. The molecule has 0 saturated carbocycles. The highest BCUT2D eigenvalue weighted by Gasteiger charge is 2.31. The molecular weight excluding hydrogens is 280 g/mol. The quantitative estimate of drug-likeness (QED) is 0.850. The smallest absolute Gasteiger partial charge is 0.254 e. The maximum atomic E-state index is 12.7. The summed E-state index contributed by atoms with van der Waals surface area (Å²) in [6.07, 6.45) is 2.04. The Morgan fingerprint density at radius 2 is 2.00 bits per heavy atom.